The molecule has 2 fully saturated rings. The van der Waals surface area contributed by atoms with Crippen LogP contribution in [0.25, 0.3) is 0 Å². The molecule has 0 unspecified atom stereocenters. The summed E-state index contributed by atoms with van der Waals surface area (Å²) in [5.41, 5.74) is 2.77. The Morgan fingerprint density at radius 1 is 0.968 bits per heavy atom. The van der Waals surface area contributed by atoms with Crippen LogP contribution in [-0.2, 0) is 4.79 Å². The molecule has 7 heteroatoms. The van der Waals surface area contributed by atoms with E-state index in [1.807, 2.05) is 42.2 Å². The van der Waals surface area contributed by atoms with Crippen molar-refractivity contribution in [1.29, 1.82) is 0 Å². The van der Waals surface area contributed by atoms with Crippen molar-refractivity contribution in [1.82, 2.24) is 15.2 Å². The van der Waals surface area contributed by atoms with E-state index in [4.69, 9.17) is 0 Å². The van der Waals surface area contributed by atoms with Gasteiger partial charge in [0.2, 0.25) is 5.91 Å². The quantitative estimate of drug-likeness (QED) is 0.776. The first kappa shape index (κ1) is 21.2. The maximum Gasteiger partial charge on any atom is 0.253 e. The molecule has 164 valence electrons. The van der Waals surface area contributed by atoms with Crippen LogP contribution in [-0.4, -0.2) is 67.5 Å². The first-order valence-corrected chi connectivity index (χ1v) is 11.2. The van der Waals surface area contributed by atoms with E-state index < -0.39 is 0 Å². The van der Waals surface area contributed by atoms with Crippen LogP contribution in [0.5, 0.6) is 0 Å². The highest BCUT2D eigenvalue weighted by atomic mass is 16.2. The second kappa shape index (κ2) is 9.81. The lowest BCUT2D eigenvalue weighted by Gasteiger charge is -2.35. The number of nitrogens with one attached hydrogen (secondary N) is 1. The van der Waals surface area contributed by atoms with Gasteiger partial charge in [-0.15, -0.1) is 0 Å². The van der Waals surface area contributed by atoms with E-state index in [9.17, 15) is 9.59 Å². The highest BCUT2D eigenvalue weighted by Crippen LogP contribution is 2.25. The molecular formula is C24H31N5O2. The van der Waals surface area contributed by atoms with Crippen molar-refractivity contribution in [3.63, 3.8) is 0 Å². The molecule has 2 aliphatic rings. The first-order chi connectivity index (χ1) is 15.1. The lowest BCUT2D eigenvalue weighted by molar-refractivity contribution is -0.131. The molecule has 0 radical (unpaired) electrons. The van der Waals surface area contributed by atoms with Gasteiger partial charge in [-0.1, -0.05) is 17.7 Å². The third-order valence-electron chi connectivity index (χ3n) is 6.07. The molecule has 3 heterocycles. The van der Waals surface area contributed by atoms with Crippen LogP contribution >= 0.6 is 0 Å². The molecule has 0 bridgehead atoms. The third-order valence-corrected chi connectivity index (χ3v) is 6.07. The minimum Gasteiger partial charge on any atom is -0.371 e. The predicted molar refractivity (Wildman–Crippen MR) is 123 cm³/mol. The fraction of sp³-hybridized carbons (Fsp3) is 0.458. The van der Waals surface area contributed by atoms with Crippen LogP contribution in [0.3, 0.4) is 0 Å². The summed E-state index contributed by atoms with van der Waals surface area (Å²) < 4.78 is 0. The number of rotatable bonds is 6. The van der Waals surface area contributed by atoms with Gasteiger partial charge in [-0.2, -0.15) is 0 Å². The minimum atomic E-state index is -0.0987. The van der Waals surface area contributed by atoms with E-state index in [1.165, 1.54) is 0 Å². The second-order valence-corrected chi connectivity index (χ2v) is 8.28. The van der Waals surface area contributed by atoms with Gasteiger partial charge in [0.05, 0.1) is 5.56 Å². The Morgan fingerprint density at radius 2 is 1.74 bits per heavy atom. The van der Waals surface area contributed by atoms with Gasteiger partial charge < -0.3 is 20.0 Å². The largest absolute Gasteiger partial charge is 0.371 e. The van der Waals surface area contributed by atoms with Crippen molar-refractivity contribution in [3.8, 4) is 0 Å². The van der Waals surface area contributed by atoms with E-state index >= 15 is 0 Å². The predicted octanol–water partition coefficient (Wildman–Crippen LogP) is 2.46. The Hall–Kier alpha value is -3.09. The number of piperazine rings is 1. The molecule has 2 saturated heterocycles. The maximum atomic E-state index is 12.9. The highest BCUT2D eigenvalue weighted by Gasteiger charge is 2.23. The molecule has 4 rings (SSSR count). The lowest BCUT2D eigenvalue weighted by atomic mass is 10.1. The van der Waals surface area contributed by atoms with Gasteiger partial charge >= 0.3 is 0 Å². The topological polar surface area (TPSA) is 68.8 Å². The number of anilines is 2. The molecule has 2 amide bonds. The molecule has 2 aromatic rings. The fourth-order valence-corrected chi connectivity index (χ4v) is 4.33. The van der Waals surface area contributed by atoms with Crippen LogP contribution in [0.15, 0.2) is 42.6 Å². The van der Waals surface area contributed by atoms with E-state index in [0.29, 0.717) is 31.6 Å². The number of amides is 2. The lowest BCUT2D eigenvalue weighted by Crippen LogP contribution is -2.49. The fourth-order valence-electron chi connectivity index (χ4n) is 4.33. The van der Waals surface area contributed by atoms with Crippen molar-refractivity contribution >= 4 is 23.3 Å². The molecule has 1 aromatic heterocycles. The van der Waals surface area contributed by atoms with Crippen molar-refractivity contribution in [2.45, 2.75) is 26.2 Å². The van der Waals surface area contributed by atoms with Gasteiger partial charge in [0.25, 0.3) is 5.91 Å². The molecular weight excluding hydrogens is 390 g/mol. The van der Waals surface area contributed by atoms with Gasteiger partial charge in [-0.3, -0.25) is 9.59 Å². The summed E-state index contributed by atoms with van der Waals surface area (Å²) in [6.45, 7) is 7.25. The molecule has 31 heavy (non-hydrogen) atoms. The van der Waals surface area contributed by atoms with Crippen molar-refractivity contribution in [2.75, 3.05) is 55.6 Å². The summed E-state index contributed by atoms with van der Waals surface area (Å²) in [4.78, 5) is 36.2. The van der Waals surface area contributed by atoms with Crippen LogP contribution < -0.4 is 15.1 Å². The number of hydrogen-bond donors (Lipinski definition) is 1. The van der Waals surface area contributed by atoms with E-state index in [-0.39, 0.29) is 11.8 Å². The summed E-state index contributed by atoms with van der Waals surface area (Å²) in [7, 11) is 0. The van der Waals surface area contributed by atoms with Gasteiger partial charge in [0.1, 0.15) is 5.82 Å². The zero-order valence-electron chi connectivity index (χ0n) is 18.2. The molecule has 1 aromatic carbocycles. The monoisotopic (exact) mass is 421 g/mol. The number of aryl methyl sites for hydroxylation is 1. The first-order valence-electron chi connectivity index (χ1n) is 11.2. The third kappa shape index (κ3) is 5.16. The molecule has 0 aliphatic carbocycles. The number of hydrogen-bond acceptors (Lipinski definition) is 5. The van der Waals surface area contributed by atoms with E-state index in [2.05, 4.69) is 26.2 Å². The highest BCUT2D eigenvalue weighted by molar-refractivity contribution is 6.00. The molecule has 0 atom stereocenters. The molecule has 0 saturated carbocycles. The van der Waals surface area contributed by atoms with Crippen LogP contribution in [0.1, 0.15) is 35.2 Å². The Kier molecular flexibility index (Phi) is 6.70. The summed E-state index contributed by atoms with van der Waals surface area (Å²) in [5.74, 6) is 0.942. The SMILES string of the molecule is Cc1ccc(N2CCCC2)c(C(=O)NCCC(=O)N2CCN(c3ccccn3)CC2)c1. The van der Waals surface area contributed by atoms with Gasteiger partial charge in [0.15, 0.2) is 0 Å². The van der Waals surface area contributed by atoms with E-state index in [1.54, 1.807) is 6.20 Å². The average Bonchev–Trinajstić information content (AvgIpc) is 3.34. The molecule has 0 spiro atoms. The van der Waals surface area contributed by atoms with Crippen LogP contribution in [0, 0.1) is 6.92 Å². The van der Waals surface area contributed by atoms with Gasteiger partial charge in [0, 0.05) is 64.1 Å². The Morgan fingerprint density at radius 3 is 2.45 bits per heavy atom. The average molecular weight is 422 g/mol. The molecule has 1 N–H and O–H groups in total. The van der Waals surface area contributed by atoms with E-state index in [0.717, 1.165) is 56.1 Å². The normalized spacial score (nSPS) is 16.5. The van der Waals surface area contributed by atoms with Gasteiger partial charge in [-0.05, 0) is 44.0 Å². The van der Waals surface area contributed by atoms with Crippen molar-refractivity contribution in [2.24, 2.45) is 0 Å². The minimum absolute atomic E-state index is 0.0879. The number of nitrogens with zero attached hydrogens (tertiary/aromatic N) is 4. The molecule has 2 aliphatic heterocycles. The number of carbonyl (C=O) groups excluding carboxylic acids is 2. The van der Waals surface area contributed by atoms with Crippen molar-refractivity contribution in [3.05, 3.63) is 53.7 Å². The Bertz CT molecular complexity index is 903. The second-order valence-electron chi connectivity index (χ2n) is 8.28. The number of benzene rings is 1. The van der Waals surface area contributed by atoms with Crippen LogP contribution in [0.2, 0.25) is 0 Å². The Labute approximate surface area is 184 Å². The Balaban J connectivity index is 1.26. The zero-order chi connectivity index (χ0) is 21.6. The summed E-state index contributed by atoms with van der Waals surface area (Å²) >= 11 is 0. The van der Waals surface area contributed by atoms with Gasteiger partial charge in [-0.25, -0.2) is 4.98 Å². The smallest absolute Gasteiger partial charge is 0.253 e. The standard InChI is InChI=1S/C24H31N5O2/c1-19-7-8-21(27-12-4-5-13-27)20(18-19)24(31)26-11-9-23(30)29-16-14-28(15-17-29)22-6-2-3-10-25-22/h2-3,6-8,10,18H,4-5,9,11-17H2,1H3,(H,26,31). The summed E-state index contributed by atoms with van der Waals surface area (Å²) in [5, 5.41) is 2.96. The number of aromatic nitrogens is 1. The van der Waals surface area contributed by atoms with Crippen molar-refractivity contribution < 1.29 is 9.59 Å². The number of pyridine rings is 1. The summed E-state index contributed by atoms with van der Waals surface area (Å²) in [6, 6.07) is 11.9. The molecule has 7 nitrogen and oxygen atoms in total. The zero-order valence-corrected chi connectivity index (χ0v) is 18.2. The summed E-state index contributed by atoms with van der Waals surface area (Å²) in [6.07, 6.45) is 4.44. The van der Waals surface area contributed by atoms with Crippen LogP contribution in [0.4, 0.5) is 11.5 Å². The maximum absolute atomic E-state index is 12.9. The number of carbonyl (C=O) groups is 2.